The molecule has 2 aromatic carbocycles. The van der Waals surface area contributed by atoms with Crippen LogP contribution in [-0.2, 0) is 6.54 Å². The zero-order chi connectivity index (χ0) is 29.5. The molecule has 0 saturated heterocycles. The number of nitrogens with one attached hydrogen (secondary N) is 2. The number of carboxylic acids is 1. The molecule has 1 aliphatic carbocycles. The first-order valence-corrected chi connectivity index (χ1v) is 14.5. The average molecular weight is 567 g/mol. The van der Waals surface area contributed by atoms with Crippen molar-refractivity contribution >= 4 is 23.6 Å². The van der Waals surface area contributed by atoms with E-state index in [1.165, 1.54) is 6.42 Å². The lowest BCUT2D eigenvalue weighted by Crippen LogP contribution is -2.49. The third-order valence-electron chi connectivity index (χ3n) is 8.01. The molecule has 0 unspecified atom stereocenters. The highest BCUT2D eigenvalue weighted by Gasteiger charge is 2.33. The van der Waals surface area contributed by atoms with E-state index in [9.17, 15) is 19.5 Å². The van der Waals surface area contributed by atoms with Crippen LogP contribution < -0.4 is 15.4 Å². The summed E-state index contributed by atoms with van der Waals surface area (Å²) in [6.45, 7) is 5.21. The van der Waals surface area contributed by atoms with Gasteiger partial charge in [0.2, 0.25) is 0 Å². The molecule has 0 spiro atoms. The number of aromatic carboxylic acids is 1. The predicted molar refractivity (Wildman–Crippen MR) is 156 cm³/mol. The van der Waals surface area contributed by atoms with E-state index in [0.717, 1.165) is 31.2 Å². The summed E-state index contributed by atoms with van der Waals surface area (Å²) in [6, 6.07) is 11.4. The van der Waals surface area contributed by atoms with Gasteiger partial charge in [0, 0.05) is 37.3 Å². The van der Waals surface area contributed by atoms with Gasteiger partial charge in [0.15, 0.2) is 0 Å². The van der Waals surface area contributed by atoms with E-state index in [4.69, 9.17) is 9.84 Å². The van der Waals surface area contributed by atoms with E-state index in [2.05, 4.69) is 15.5 Å². The molecule has 2 aromatic rings. The van der Waals surface area contributed by atoms with Crippen molar-refractivity contribution in [1.82, 2.24) is 15.1 Å². The number of nitrogens with zero attached hydrogens (tertiary/aromatic N) is 2. The van der Waals surface area contributed by atoms with Crippen LogP contribution in [0.15, 0.2) is 42.5 Å². The summed E-state index contributed by atoms with van der Waals surface area (Å²) in [5.74, 6) is -0.828. The van der Waals surface area contributed by atoms with Crippen LogP contribution in [0.5, 0.6) is 5.75 Å². The molecule has 1 fully saturated rings. The molecule has 0 bridgehead atoms. The Balaban J connectivity index is 1.51. The maximum absolute atomic E-state index is 13.7. The second-order valence-electron chi connectivity index (χ2n) is 11.5. The summed E-state index contributed by atoms with van der Waals surface area (Å²) >= 11 is 0. The summed E-state index contributed by atoms with van der Waals surface area (Å²) in [5.41, 5.74) is 2.06. The molecule has 222 valence electrons. The Labute approximate surface area is 241 Å². The van der Waals surface area contributed by atoms with E-state index >= 15 is 0 Å². The zero-order valence-corrected chi connectivity index (χ0v) is 24.1. The molecule has 2 aliphatic rings. The maximum Gasteiger partial charge on any atom is 0.335 e. The Kier molecular flexibility index (Phi) is 10.2. The molecule has 10 heteroatoms. The van der Waals surface area contributed by atoms with Gasteiger partial charge in [0.05, 0.1) is 23.8 Å². The predicted octanol–water partition coefficient (Wildman–Crippen LogP) is 4.19. The number of aliphatic hydroxyl groups excluding tert-OH is 1. The van der Waals surface area contributed by atoms with Gasteiger partial charge in [0.1, 0.15) is 11.9 Å². The lowest BCUT2D eigenvalue weighted by Gasteiger charge is -2.38. The fraction of sp³-hybridized carbons (Fsp3) is 0.516. The Morgan fingerprint density at radius 3 is 2.49 bits per heavy atom. The molecule has 1 aliphatic heterocycles. The third-order valence-corrected chi connectivity index (χ3v) is 8.01. The van der Waals surface area contributed by atoms with Gasteiger partial charge in [0.25, 0.3) is 5.91 Å². The fourth-order valence-corrected chi connectivity index (χ4v) is 5.55. The second kappa shape index (κ2) is 13.8. The Morgan fingerprint density at radius 1 is 1.12 bits per heavy atom. The lowest BCUT2D eigenvalue weighted by molar-refractivity contribution is 0.0341. The molecular formula is C31H42N4O6. The largest absolute Gasteiger partial charge is 0.488 e. The first kappa shape index (κ1) is 30.3. The third kappa shape index (κ3) is 7.98. The molecule has 1 saturated carbocycles. The van der Waals surface area contributed by atoms with Gasteiger partial charge in [-0.3, -0.25) is 9.69 Å². The summed E-state index contributed by atoms with van der Waals surface area (Å²) in [6.07, 6.45) is 5.09. The number of anilines is 1. The van der Waals surface area contributed by atoms with Crippen molar-refractivity contribution in [3.8, 4) is 5.75 Å². The van der Waals surface area contributed by atoms with Gasteiger partial charge < -0.3 is 30.5 Å². The van der Waals surface area contributed by atoms with Crippen molar-refractivity contribution in [1.29, 1.82) is 0 Å². The van der Waals surface area contributed by atoms with Gasteiger partial charge in [-0.05, 0) is 62.7 Å². The monoisotopic (exact) mass is 566 g/mol. The molecule has 3 atom stereocenters. The van der Waals surface area contributed by atoms with Crippen LogP contribution in [0.25, 0.3) is 0 Å². The van der Waals surface area contributed by atoms with Crippen molar-refractivity contribution in [2.45, 2.75) is 70.7 Å². The van der Waals surface area contributed by atoms with Crippen LogP contribution >= 0.6 is 0 Å². The van der Waals surface area contributed by atoms with Crippen molar-refractivity contribution in [2.75, 3.05) is 32.1 Å². The van der Waals surface area contributed by atoms with E-state index in [-0.39, 0.29) is 42.2 Å². The fourth-order valence-electron chi connectivity index (χ4n) is 5.55. The van der Waals surface area contributed by atoms with Crippen LogP contribution in [-0.4, -0.2) is 82.9 Å². The van der Waals surface area contributed by atoms with Gasteiger partial charge >= 0.3 is 12.0 Å². The minimum absolute atomic E-state index is 0.0444. The smallest absolute Gasteiger partial charge is 0.335 e. The standard InChI is InChI=1S/C31H42N4O6/c1-20-16-35(21(2)19-36)29(37)26-15-25(33-31(40)32-24-7-5-4-6-8-24)13-14-27(26)41-28(20)18-34(3)17-22-9-11-23(12-10-22)30(38)39/h9-15,20-21,24,28,36H,4-8,16-19H2,1-3H3,(H,38,39)(H2,32,33,40)/t20-,21+,28+/m1/s1. The maximum atomic E-state index is 13.7. The summed E-state index contributed by atoms with van der Waals surface area (Å²) < 4.78 is 6.46. The van der Waals surface area contributed by atoms with Gasteiger partial charge in [-0.25, -0.2) is 9.59 Å². The molecule has 4 N–H and O–H groups in total. The number of aliphatic hydroxyl groups is 1. The SMILES string of the molecule is C[C@@H]1CN([C@@H](C)CO)C(=O)c2cc(NC(=O)NC3CCCCC3)ccc2O[C@H]1CN(C)Cc1ccc(C(=O)O)cc1. The Bertz CT molecular complexity index is 1210. The number of rotatable bonds is 9. The van der Waals surface area contributed by atoms with Gasteiger partial charge in [-0.2, -0.15) is 0 Å². The summed E-state index contributed by atoms with van der Waals surface area (Å²) in [5, 5.41) is 25.0. The Hall–Kier alpha value is -3.63. The van der Waals surface area contributed by atoms with E-state index in [1.54, 1.807) is 47.4 Å². The zero-order valence-electron chi connectivity index (χ0n) is 24.1. The molecule has 4 rings (SSSR count). The van der Waals surface area contributed by atoms with Crippen LogP contribution in [0.4, 0.5) is 10.5 Å². The highest BCUT2D eigenvalue weighted by atomic mass is 16.5. The number of urea groups is 1. The summed E-state index contributed by atoms with van der Waals surface area (Å²) in [4.78, 5) is 41.3. The number of fused-ring (bicyclic) bond motifs is 1. The van der Waals surface area contributed by atoms with Gasteiger partial charge in [-0.15, -0.1) is 0 Å². The number of carbonyl (C=O) groups is 3. The number of hydrogen-bond donors (Lipinski definition) is 4. The Morgan fingerprint density at radius 2 is 1.83 bits per heavy atom. The first-order chi connectivity index (χ1) is 19.6. The van der Waals surface area contributed by atoms with Crippen molar-refractivity contribution in [3.63, 3.8) is 0 Å². The van der Waals surface area contributed by atoms with Crippen molar-refractivity contribution in [2.24, 2.45) is 5.92 Å². The number of benzene rings is 2. The molecule has 41 heavy (non-hydrogen) atoms. The van der Waals surface area contributed by atoms with Crippen LogP contribution in [0, 0.1) is 5.92 Å². The number of carboxylic acid groups (broad SMARTS) is 1. The van der Waals surface area contributed by atoms with E-state index in [1.807, 2.05) is 20.9 Å². The van der Waals surface area contributed by atoms with E-state index in [0.29, 0.717) is 36.6 Å². The minimum atomic E-state index is -0.959. The number of carbonyl (C=O) groups excluding carboxylic acids is 2. The highest BCUT2D eigenvalue weighted by molar-refractivity contribution is 5.99. The lowest BCUT2D eigenvalue weighted by atomic mass is 9.96. The van der Waals surface area contributed by atoms with Crippen molar-refractivity contribution < 1.29 is 29.3 Å². The number of hydrogen-bond acceptors (Lipinski definition) is 6. The number of amides is 3. The van der Waals surface area contributed by atoms with Crippen molar-refractivity contribution in [3.05, 3.63) is 59.2 Å². The molecule has 1 heterocycles. The molecule has 0 aromatic heterocycles. The minimum Gasteiger partial charge on any atom is -0.488 e. The summed E-state index contributed by atoms with van der Waals surface area (Å²) in [7, 11) is 1.97. The van der Waals surface area contributed by atoms with Crippen LogP contribution in [0.1, 0.15) is 72.2 Å². The molecule has 3 amide bonds. The van der Waals surface area contributed by atoms with Crippen LogP contribution in [0.2, 0.25) is 0 Å². The highest BCUT2D eigenvalue weighted by Crippen LogP contribution is 2.31. The van der Waals surface area contributed by atoms with E-state index < -0.39 is 12.0 Å². The number of ether oxygens (including phenoxy) is 1. The first-order valence-electron chi connectivity index (χ1n) is 14.5. The van der Waals surface area contributed by atoms with Crippen LogP contribution in [0.3, 0.4) is 0 Å². The molecule has 10 nitrogen and oxygen atoms in total. The normalized spacial score (nSPS) is 20.4. The van der Waals surface area contributed by atoms with Gasteiger partial charge in [-0.1, -0.05) is 38.3 Å². The quantitative estimate of drug-likeness (QED) is 0.358. The molecule has 0 radical (unpaired) electrons. The number of likely N-dealkylation sites (N-methyl/N-ethyl adjacent to an activating group) is 1. The average Bonchev–Trinajstić information content (AvgIpc) is 2.95. The molecular weight excluding hydrogens is 524 g/mol. The second-order valence-corrected chi connectivity index (χ2v) is 11.5. The topological polar surface area (TPSA) is 131 Å².